The molecule has 1 aliphatic rings. The molecule has 0 amide bonds. The third-order valence-electron chi connectivity index (χ3n) is 7.52. The summed E-state index contributed by atoms with van der Waals surface area (Å²) in [6.45, 7) is 2.11. The van der Waals surface area contributed by atoms with Gasteiger partial charge in [-0.15, -0.1) is 0 Å². The number of alkyl halides is 5. The number of fused-ring (bicyclic) bond motifs is 1. The van der Waals surface area contributed by atoms with Gasteiger partial charge in [-0.25, -0.2) is 22.0 Å². The van der Waals surface area contributed by atoms with Gasteiger partial charge < -0.3 is 4.74 Å². The fourth-order valence-corrected chi connectivity index (χ4v) is 5.47. The maximum Gasteiger partial charge on any atom is 0.458 e. The SMILES string of the molecule is CCCCCC1CCC(c2cc(F)c(C(F)(F)Oc3cc(F)c4c(F)c(C#CC(F)(F)F)c(F)cc4c3)c(F)c2)CC1. The quantitative estimate of drug-likeness (QED) is 0.141. The van der Waals surface area contributed by atoms with Gasteiger partial charge in [0, 0.05) is 12.0 Å². The first-order valence-electron chi connectivity index (χ1n) is 13.5. The summed E-state index contributed by atoms with van der Waals surface area (Å²) in [5.74, 6) is -6.99. The number of ether oxygens (including phenoxy) is 1. The van der Waals surface area contributed by atoms with Gasteiger partial charge in [0.25, 0.3) is 0 Å². The van der Waals surface area contributed by atoms with E-state index in [4.69, 9.17) is 0 Å². The van der Waals surface area contributed by atoms with Crippen molar-refractivity contribution in [3.05, 3.63) is 76.1 Å². The van der Waals surface area contributed by atoms with E-state index in [0.717, 1.165) is 50.7 Å². The summed E-state index contributed by atoms with van der Waals surface area (Å²) in [5, 5.41) is -1.74. The van der Waals surface area contributed by atoms with Crippen LogP contribution < -0.4 is 4.74 Å². The zero-order valence-corrected chi connectivity index (χ0v) is 22.4. The van der Waals surface area contributed by atoms with Crippen molar-refractivity contribution in [3.8, 4) is 17.6 Å². The maximum absolute atomic E-state index is 15.0. The van der Waals surface area contributed by atoms with Crippen molar-refractivity contribution in [1.82, 2.24) is 0 Å². The Bertz CT molecular complexity index is 1490. The molecule has 0 saturated heterocycles. The minimum atomic E-state index is -5.09. The fraction of sp³-hybridized carbons (Fsp3) is 0.419. The molecule has 0 aromatic heterocycles. The molecule has 1 nitrogen and oxygen atoms in total. The van der Waals surface area contributed by atoms with E-state index in [9.17, 15) is 35.1 Å². The van der Waals surface area contributed by atoms with Crippen LogP contribution in [0.1, 0.15) is 80.9 Å². The highest BCUT2D eigenvalue weighted by Crippen LogP contribution is 2.42. The Hall–Kier alpha value is -3.42. The van der Waals surface area contributed by atoms with E-state index in [-0.39, 0.29) is 17.5 Å². The zero-order valence-electron chi connectivity index (χ0n) is 22.4. The molecule has 0 radical (unpaired) electrons. The van der Waals surface area contributed by atoms with E-state index in [1.807, 2.05) is 0 Å². The Morgan fingerprint density at radius 1 is 0.786 bits per heavy atom. The second-order valence-corrected chi connectivity index (χ2v) is 10.5. The molecule has 3 aromatic rings. The molecule has 1 aliphatic carbocycles. The van der Waals surface area contributed by atoms with Gasteiger partial charge in [0.2, 0.25) is 0 Å². The molecule has 0 N–H and O–H groups in total. The van der Waals surface area contributed by atoms with Crippen molar-refractivity contribution in [2.24, 2.45) is 5.92 Å². The van der Waals surface area contributed by atoms with Crippen LogP contribution in [-0.2, 0) is 6.11 Å². The van der Waals surface area contributed by atoms with Crippen LogP contribution in [0, 0.1) is 46.8 Å². The van der Waals surface area contributed by atoms with Crippen LogP contribution in [0.2, 0.25) is 0 Å². The van der Waals surface area contributed by atoms with Crippen LogP contribution >= 0.6 is 0 Å². The molecule has 0 heterocycles. The number of rotatable bonds is 8. The van der Waals surface area contributed by atoms with E-state index in [2.05, 4.69) is 11.7 Å². The van der Waals surface area contributed by atoms with Crippen LogP contribution in [0.4, 0.5) is 43.9 Å². The largest absolute Gasteiger partial charge is 0.458 e. The highest BCUT2D eigenvalue weighted by molar-refractivity contribution is 5.87. The first-order chi connectivity index (χ1) is 19.7. The summed E-state index contributed by atoms with van der Waals surface area (Å²) in [6.07, 6.45) is -2.28. The van der Waals surface area contributed by atoms with E-state index >= 15 is 8.78 Å². The topological polar surface area (TPSA) is 9.23 Å². The summed E-state index contributed by atoms with van der Waals surface area (Å²) in [7, 11) is 0. The van der Waals surface area contributed by atoms with Crippen molar-refractivity contribution >= 4 is 10.8 Å². The molecular formula is C31H26F10O. The Balaban J connectivity index is 1.57. The summed E-state index contributed by atoms with van der Waals surface area (Å²) >= 11 is 0. The first-order valence-corrected chi connectivity index (χ1v) is 13.5. The lowest BCUT2D eigenvalue weighted by Crippen LogP contribution is -2.26. The van der Waals surface area contributed by atoms with Crippen molar-refractivity contribution < 1.29 is 48.6 Å². The van der Waals surface area contributed by atoms with Crippen molar-refractivity contribution in [2.75, 3.05) is 0 Å². The minimum absolute atomic E-state index is 0.204. The first kappa shape index (κ1) is 31.5. The fourth-order valence-electron chi connectivity index (χ4n) is 5.47. The Kier molecular flexibility index (Phi) is 9.33. The van der Waals surface area contributed by atoms with Crippen LogP contribution in [0.15, 0.2) is 30.3 Å². The summed E-state index contributed by atoms with van der Waals surface area (Å²) < 4.78 is 145. The molecule has 0 atom stereocenters. The average molecular weight is 605 g/mol. The molecule has 3 aromatic carbocycles. The van der Waals surface area contributed by atoms with Gasteiger partial charge in [0.15, 0.2) is 5.82 Å². The predicted molar refractivity (Wildman–Crippen MR) is 136 cm³/mol. The summed E-state index contributed by atoms with van der Waals surface area (Å²) in [4.78, 5) is 0. The molecule has 42 heavy (non-hydrogen) atoms. The summed E-state index contributed by atoms with van der Waals surface area (Å²) in [6, 6.07) is 2.82. The van der Waals surface area contributed by atoms with Gasteiger partial charge in [0.05, 0.1) is 10.9 Å². The maximum atomic E-state index is 15.0. The Morgan fingerprint density at radius 2 is 1.43 bits per heavy atom. The van der Waals surface area contributed by atoms with Crippen LogP contribution in [0.25, 0.3) is 10.8 Å². The predicted octanol–water partition coefficient (Wildman–Crippen LogP) is 10.4. The Labute approximate surface area is 235 Å². The van der Waals surface area contributed by atoms with Crippen LogP contribution in [0.5, 0.6) is 5.75 Å². The second kappa shape index (κ2) is 12.4. The number of hydrogen-bond acceptors (Lipinski definition) is 1. The minimum Gasteiger partial charge on any atom is -0.429 e. The molecule has 0 unspecified atom stereocenters. The van der Waals surface area contributed by atoms with Gasteiger partial charge in [0.1, 0.15) is 34.6 Å². The molecule has 0 bridgehead atoms. The van der Waals surface area contributed by atoms with Crippen molar-refractivity contribution in [2.45, 2.75) is 76.5 Å². The van der Waals surface area contributed by atoms with Crippen LogP contribution in [0.3, 0.4) is 0 Å². The number of benzene rings is 3. The number of halogens is 10. The van der Waals surface area contributed by atoms with E-state index in [1.165, 1.54) is 5.92 Å². The molecule has 0 spiro atoms. The van der Waals surface area contributed by atoms with Gasteiger partial charge in [-0.2, -0.15) is 22.0 Å². The highest BCUT2D eigenvalue weighted by Gasteiger charge is 2.42. The van der Waals surface area contributed by atoms with Gasteiger partial charge >= 0.3 is 12.3 Å². The standard InChI is InChI=1S/C31H26F10O/c1-2-3-4-5-17-6-8-18(9-7-17)19-13-25(34)28(26(35)14-19)31(40,41)42-21-12-20-15-23(32)22(10-11-30(37,38)39)29(36)27(20)24(33)16-21/h12-18H,2-9H2,1H3. The molecule has 1 fully saturated rings. The lowest BCUT2D eigenvalue weighted by Gasteiger charge is -2.29. The second-order valence-electron chi connectivity index (χ2n) is 10.5. The molecule has 1 saturated carbocycles. The average Bonchev–Trinajstić information content (AvgIpc) is 2.87. The highest BCUT2D eigenvalue weighted by atomic mass is 19.4. The smallest absolute Gasteiger partial charge is 0.429 e. The molecule has 0 aliphatic heterocycles. The monoisotopic (exact) mass is 604 g/mol. The van der Waals surface area contributed by atoms with E-state index in [1.54, 1.807) is 0 Å². The molecule has 11 heteroatoms. The van der Waals surface area contributed by atoms with E-state index in [0.29, 0.717) is 36.8 Å². The zero-order chi connectivity index (χ0) is 30.8. The third kappa shape index (κ3) is 7.13. The number of hydrogen-bond donors (Lipinski definition) is 0. The van der Waals surface area contributed by atoms with E-state index < -0.39 is 69.0 Å². The van der Waals surface area contributed by atoms with Gasteiger partial charge in [-0.1, -0.05) is 38.5 Å². The Morgan fingerprint density at radius 3 is 2.02 bits per heavy atom. The molecular weight excluding hydrogens is 578 g/mol. The number of unbranched alkanes of at least 4 members (excludes halogenated alkanes) is 2. The van der Waals surface area contributed by atoms with Gasteiger partial charge in [-0.3, -0.25) is 0 Å². The van der Waals surface area contributed by atoms with Crippen LogP contribution in [-0.4, -0.2) is 6.18 Å². The van der Waals surface area contributed by atoms with Crippen molar-refractivity contribution in [1.29, 1.82) is 0 Å². The van der Waals surface area contributed by atoms with Gasteiger partial charge in [-0.05, 0) is 72.7 Å². The third-order valence-corrected chi connectivity index (χ3v) is 7.52. The normalized spacial score (nSPS) is 17.7. The lowest BCUT2D eigenvalue weighted by molar-refractivity contribution is -0.189. The molecule has 226 valence electrons. The molecule has 4 rings (SSSR count). The van der Waals surface area contributed by atoms with Crippen molar-refractivity contribution in [3.63, 3.8) is 0 Å². The lowest BCUT2D eigenvalue weighted by atomic mass is 9.77. The summed E-state index contributed by atoms with van der Waals surface area (Å²) in [5.41, 5.74) is -2.87.